The fourth-order valence-corrected chi connectivity index (χ4v) is 0. The van der Waals surface area contributed by atoms with Crippen LogP contribution in [0.5, 0.6) is 0 Å². The molecule has 0 rings (SSSR count). The van der Waals surface area contributed by atoms with E-state index in [9.17, 15) is 0 Å². The van der Waals surface area contributed by atoms with Crippen molar-refractivity contribution >= 4 is 89.9 Å². The van der Waals surface area contributed by atoms with Crippen LogP contribution in [0.25, 0.3) is 0 Å². The van der Waals surface area contributed by atoms with E-state index < -0.39 is 0 Å². The van der Waals surface area contributed by atoms with E-state index in [-0.39, 0.29) is 107 Å². The molecule has 0 saturated heterocycles. The summed E-state index contributed by atoms with van der Waals surface area (Å²) in [6.07, 6.45) is 0. The van der Waals surface area contributed by atoms with E-state index >= 15 is 0 Å². The average Bonchev–Trinajstić information content (AvgIpc) is 0. The molecule has 3 radical (unpaired) electrons. The van der Waals surface area contributed by atoms with Gasteiger partial charge in [0.25, 0.3) is 0 Å². The van der Waals surface area contributed by atoms with Crippen LogP contribution in [0.15, 0.2) is 0 Å². The second kappa shape index (κ2) is 16.1. The second-order valence-electron chi connectivity index (χ2n) is 0. The van der Waals surface area contributed by atoms with Gasteiger partial charge in [0.05, 0.1) is 0 Å². The zero-order chi connectivity index (χ0) is 0. The van der Waals surface area contributed by atoms with E-state index in [2.05, 4.69) is 0 Å². The van der Waals surface area contributed by atoms with E-state index in [0.29, 0.717) is 0 Å². The predicted molar refractivity (Wildman–Crippen MR) is 25.6 cm³/mol. The zero-order valence-electron chi connectivity index (χ0n) is 1.51. The summed E-state index contributed by atoms with van der Waals surface area (Å²) in [5.74, 6) is 0. The quantitative estimate of drug-likeness (QED) is 0.384. The molecular formula is H6BaCuSeSn. The van der Waals surface area contributed by atoms with Gasteiger partial charge in [0, 0.05) is 17.1 Å². The van der Waals surface area contributed by atoms with E-state index in [1.54, 1.807) is 0 Å². The Morgan fingerprint density at radius 2 is 1.00 bits per heavy atom. The van der Waals surface area contributed by atoms with Crippen LogP contribution in [0, 0.1) is 0 Å². The van der Waals surface area contributed by atoms with Crippen molar-refractivity contribution in [2.24, 2.45) is 0 Å². The Balaban J connectivity index is 0. The Morgan fingerprint density at radius 1 is 1.00 bits per heavy atom. The molecule has 0 aliphatic carbocycles. The first kappa shape index (κ1) is 26.2. The summed E-state index contributed by atoms with van der Waals surface area (Å²) in [7, 11) is 0. The van der Waals surface area contributed by atoms with Gasteiger partial charge in [-0.15, -0.1) is 0 Å². The molecule has 0 amide bonds. The normalized spacial score (nSPS) is 0. The third-order valence-electron chi connectivity index (χ3n) is 0. The van der Waals surface area contributed by atoms with E-state index in [1.807, 2.05) is 0 Å². The van der Waals surface area contributed by atoms with Gasteiger partial charge in [0.15, 0.2) is 0 Å². The Labute approximate surface area is 104 Å². The zero-order valence-corrected chi connectivity index (χ0v) is 8.58. The number of hydrogen-bond donors (Lipinski definition) is 0. The molecule has 0 aromatic rings. The van der Waals surface area contributed by atoms with Gasteiger partial charge in [0.2, 0.25) is 0 Å². The Morgan fingerprint density at radius 3 is 1.00 bits per heavy atom. The molecule has 0 unspecified atom stereocenters. The molecule has 0 aliphatic rings. The molecule has 0 bridgehead atoms. The van der Waals surface area contributed by atoms with Crippen molar-refractivity contribution in [3.8, 4) is 0 Å². The first-order chi connectivity index (χ1) is 0. The molecule has 0 aromatic carbocycles. The molecule has 0 aromatic heterocycles. The molecule has 0 fully saturated rings. The topological polar surface area (TPSA) is 0 Å². The van der Waals surface area contributed by atoms with Gasteiger partial charge >= 0.3 is 89.9 Å². The molecular weight excluding hydrogens is 399 g/mol. The van der Waals surface area contributed by atoms with Crippen molar-refractivity contribution in [2.45, 2.75) is 0 Å². The average molecular weight is 405 g/mol. The summed E-state index contributed by atoms with van der Waals surface area (Å²) >= 11 is 0. The monoisotopic (exact) mass is 407 g/mol. The van der Waals surface area contributed by atoms with Crippen LogP contribution < -0.4 is 0 Å². The van der Waals surface area contributed by atoms with E-state index in [4.69, 9.17) is 0 Å². The fraction of sp³-hybridized carbons (Fsp3) is 0. The van der Waals surface area contributed by atoms with Crippen molar-refractivity contribution in [3.05, 3.63) is 0 Å². The van der Waals surface area contributed by atoms with E-state index in [0.717, 1.165) is 0 Å². The van der Waals surface area contributed by atoms with Gasteiger partial charge in [-0.1, -0.05) is 0 Å². The molecule has 0 atom stereocenters. The summed E-state index contributed by atoms with van der Waals surface area (Å²) in [6.45, 7) is 0. The van der Waals surface area contributed by atoms with Crippen molar-refractivity contribution in [3.63, 3.8) is 0 Å². The summed E-state index contributed by atoms with van der Waals surface area (Å²) in [5.41, 5.74) is 0. The van der Waals surface area contributed by atoms with Crippen LogP contribution in [0.4, 0.5) is 0 Å². The van der Waals surface area contributed by atoms with Crippen LogP contribution >= 0.6 is 0 Å². The predicted octanol–water partition coefficient (Wildman–Crippen LogP) is -2.75. The van der Waals surface area contributed by atoms with Crippen LogP contribution in [-0.4, -0.2) is 89.9 Å². The first-order valence-electron chi connectivity index (χ1n) is 0. The first-order valence-corrected chi connectivity index (χ1v) is 0. The maximum atomic E-state index is 0. The minimum atomic E-state index is 0. The van der Waals surface area contributed by atoms with Crippen molar-refractivity contribution in [2.75, 3.05) is 0 Å². The van der Waals surface area contributed by atoms with E-state index in [1.165, 1.54) is 0 Å². The molecule has 0 heterocycles. The van der Waals surface area contributed by atoms with Gasteiger partial charge in [-0.3, -0.25) is 0 Å². The number of rotatable bonds is 0. The SMILES string of the molecule is [BaH2].[Cu].[SeH2].[SnH2]. The number of hydrogen-bond acceptors (Lipinski definition) is 0. The molecule has 29 valence electrons. The Kier molecular flexibility index (Phi) is 106. The van der Waals surface area contributed by atoms with Crippen LogP contribution in [-0.2, 0) is 17.1 Å². The van der Waals surface area contributed by atoms with Gasteiger partial charge in [-0.2, -0.15) is 0 Å². The summed E-state index contributed by atoms with van der Waals surface area (Å²) < 4.78 is 0. The standard InChI is InChI=1S/Ba.Cu.H2Se.Sn.4H/h;;1H2;;;;;. The third kappa shape index (κ3) is 9.05. The van der Waals surface area contributed by atoms with Gasteiger partial charge in [0.1, 0.15) is 0 Å². The Bertz CT molecular complexity index is 8.00. The van der Waals surface area contributed by atoms with Crippen LogP contribution in [0.3, 0.4) is 0 Å². The van der Waals surface area contributed by atoms with Crippen molar-refractivity contribution in [1.29, 1.82) is 0 Å². The molecule has 0 spiro atoms. The van der Waals surface area contributed by atoms with Gasteiger partial charge < -0.3 is 0 Å². The fourth-order valence-electron chi connectivity index (χ4n) is 0. The molecule has 4 heteroatoms. The summed E-state index contributed by atoms with van der Waals surface area (Å²) in [4.78, 5) is 0. The Hall–Kier alpha value is 3.41. The maximum absolute atomic E-state index is 0. The molecule has 4 heavy (non-hydrogen) atoms. The molecule has 0 saturated carbocycles. The van der Waals surface area contributed by atoms with Gasteiger partial charge in [-0.25, -0.2) is 0 Å². The van der Waals surface area contributed by atoms with Crippen molar-refractivity contribution < 1.29 is 17.1 Å². The minimum absolute atomic E-state index is 0. The molecule has 0 nitrogen and oxygen atoms in total. The summed E-state index contributed by atoms with van der Waals surface area (Å²) in [6, 6.07) is 0. The summed E-state index contributed by atoms with van der Waals surface area (Å²) in [5, 5.41) is 0. The third-order valence-corrected chi connectivity index (χ3v) is 0. The second-order valence-corrected chi connectivity index (χ2v) is 0. The molecule has 0 aliphatic heterocycles. The van der Waals surface area contributed by atoms with Gasteiger partial charge in [-0.05, 0) is 0 Å². The van der Waals surface area contributed by atoms with Crippen LogP contribution in [0.2, 0.25) is 0 Å². The molecule has 0 N–H and O–H groups in total. The van der Waals surface area contributed by atoms with Crippen LogP contribution in [0.1, 0.15) is 0 Å². The van der Waals surface area contributed by atoms with Crippen molar-refractivity contribution in [1.82, 2.24) is 0 Å².